The van der Waals surface area contributed by atoms with Crippen LogP contribution >= 0.6 is 0 Å². The van der Waals surface area contributed by atoms with Crippen LogP contribution in [-0.4, -0.2) is 46.4 Å². The van der Waals surface area contributed by atoms with Gasteiger partial charge in [-0.2, -0.15) is 0 Å². The summed E-state index contributed by atoms with van der Waals surface area (Å²) in [6, 6.07) is 2.20. The van der Waals surface area contributed by atoms with Crippen LogP contribution in [-0.2, 0) is 13.3 Å². The van der Waals surface area contributed by atoms with Crippen molar-refractivity contribution in [1.82, 2.24) is 4.98 Å². The molecule has 0 aromatic carbocycles. The molecule has 0 saturated carbocycles. The van der Waals surface area contributed by atoms with Gasteiger partial charge in [0.05, 0.1) is 9.68 Å². The molecule has 0 bridgehead atoms. The Morgan fingerprint density at radius 1 is 1.14 bits per heavy atom. The van der Waals surface area contributed by atoms with E-state index in [1.807, 2.05) is 0 Å². The fourth-order valence-corrected chi connectivity index (χ4v) is 3.86. The van der Waals surface area contributed by atoms with Crippen molar-refractivity contribution in [3.05, 3.63) is 0 Å². The molecule has 0 amide bonds. The van der Waals surface area contributed by atoms with E-state index < -0.39 is 8.80 Å². The fraction of sp³-hybridized carbons (Fsp3) is 1.00. The van der Waals surface area contributed by atoms with Gasteiger partial charge in [-0.25, -0.2) is 0 Å². The van der Waals surface area contributed by atoms with Crippen LogP contribution in [0, 0.1) is 0 Å². The molecule has 0 atom stereocenters. The Labute approximate surface area is 90.6 Å². The lowest BCUT2D eigenvalue weighted by Gasteiger charge is -2.24. The van der Waals surface area contributed by atoms with Crippen molar-refractivity contribution in [2.24, 2.45) is 0 Å². The second-order valence-electron chi connectivity index (χ2n) is 3.15. The molecule has 0 aliphatic heterocycles. The Bertz CT molecular complexity index is 125. The molecule has 0 rings (SSSR count). The molecule has 0 saturated heterocycles. The van der Waals surface area contributed by atoms with E-state index in [1.165, 1.54) is 6.04 Å². The standard InChI is InChI=1S/C8H23NO3Si2/c1-5-13-9-7-6-8-14(10-2,11-3)12-4/h9H,5-8,13H2,1-4H3. The van der Waals surface area contributed by atoms with E-state index in [2.05, 4.69) is 11.9 Å². The molecule has 0 aliphatic rings. The predicted molar refractivity (Wildman–Crippen MR) is 63.2 cm³/mol. The highest BCUT2D eigenvalue weighted by Gasteiger charge is 2.36. The third kappa shape index (κ3) is 5.23. The molecule has 0 heterocycles. The monoisotopic (exact) mass is 237 g/mol. The van der Waals surface area contributed by atoms with Gasteiger partial charge >= 0.3 is 8.80 Å². The fourth-order valence-electron chi connectivity index (χ4n) is 1.29. The van der Waals surface area contributed by atoms with Gasteiger partial charge in [0.25, 0.3) is 0 Å². The van der Waals surface area contributed by atoms with Crippen molar-refractivity contribution in [2.75, 3.05) is 27.9 Å². The summed E-state index contributed by atoms with van der Waals surface area (Å²) in [5, 5.41) is 0. The molecule has 1 N–H and O–H groups in total. The van der Waals surface area contributed by atoms with Crippen LogP contribution in [0.25, 0.3) is 0 Å². The summed E-state index contributed by atoms with van der Waals surface area (Å²) in [7, 11) is 2.66. The Morgan fingerprint density at radius 3 is 2.14 bits per heavy atom. The van der Waals surface area contributed by atoms with E-state index in [0.717, 1.165) is 19.0 Å². The molecule has 0 radical (unpaired) electrons. The molecular weight excluding hydrogens is 214 g/mol. The van der Waals surface area contributed by atoms with Gasteiger partial charge in [0.15, 0.2) is 0 Å². The van der Waals surface area contributed by atoms with Crippen LogP contribution < -0.4 is 4.98 Å². The van der Waals surface area contributed by atoms with Gasteiger partial charge in [0.2, 0.25) is 0 Å². The van der Waals surface area contributed by atoms with Crippen LogP contribution in [0.1, 0.15) is 13.3 Å². The molecule has 0 aliphatic carbocycles. The van der Waals surface area contributed by atoms with E-state index in [0.29, 0.717) is 0 Å². The molecule has 86 valence electrons. The minimum Gasteiger partial charge on any atom is -0.377 e. The molecule has 4 nitrogen and oxygen atoms in total. The van der Waals surface area contributed by atoms with E-state index in [1.54, 1.807) is 21.3 Å². The Kier molecular flexibility index (Phi) is 8.74. The van der Waals surface area contributed by atoms with E-state index in [9.17, 15) is 0 Å². The van der Waals surface area contributed by atoms with Crippen molar-refractivity contribution < 1.29 is 13.3 Å². The van der Waals surface area contributed by atoms with Crippen molar-refractivity contribution in [3.8, 4) is 0 Å². The topological polar surface area (TPSA) is 39.7 Å². The first-order valence-corrected chi connectivity index (χ1v) is 8.74. The maximum absolute atomic E-state index is 5.32. The summed E-state index contributed by atoms with van der Waals surface area (Å²) in [4.78, 5) is 3.47. The Hall–Kier alpha value is 0.274. The normalized spacial score (nSPS) is 12.9. The van der Waals surface area contributed by atoms with E-state index >= 15 is 0 Å². The Balaban J connectivity index is 3.61. The average molecular weight is 237 g/mol. The van der Waals surface area contributed by atoms with E-state index in [4.69, 9.17) is 13.3 Å². The highest BCUT2D eigenvalue weighted by atomic mass is 28.4. The SMILES string of the molecule is CC[SiH2]NCCC[Si](OC)(OC)OC. The second kappa shape index (κ2) is 8.57. The van der Waals surface area contributed by atoms with Crippen molar-refractivity contribution in [3.63, 3.8) is 0 Å². The molecule has 0 spiro atoms. The molecule has 6 heteroatoms. The van der Waals surface area contributed by atoms with Crippen LogP contribution in [0.5, 0.6) is 0 Å². The zero-order chi connectivity index (χ0) is 10.9. The number of rotatable bonds is 9. The number of hydrogen-bond donors (Lipinski definition) is 1. The molecule has 0 fully saturated rings. The van der Waals surface area contributed by atoms with Gasteiger partial charge < -0.3 is 18.3 Å². The second-order valence-corrected chi connectivity index (χ2v) is 8.24. The summed E-state index contributed by atoms with van der Waals surface area (Å²) < 4.78 is 16.0. The van der Waals surface area contributed by atoms with Crippen LogP contribution in [0.15, 0.2) is 0 Å². The summed E-state index contributed by atoms with van der Waals surface area (Å²) in [6.45, 7) is 3.28. The maximum atomic E-state index is 5.32. The summed E-state index contributed by atoms with van der Waals surface area (Å²) in [5.74, 6) is 0. The summed E-state index contributed by atoms with van der Waals surface area (Å²) in [6.07, 6.45) is 1.06. The predicted octanol–water partition coefficient (Wildman–Crippen LogP) is 0.366. The van der Waals surface area contributed by atoms with Crippen molar-refractivity contribution >= 4 is 18.5 Å². The van der Waals surface area contributed by atoms with Crippen LogP contribution in [0.2, 0.25) is 12.1 Å². The summed E-state index contributed by atoms with van der Waals surface area (Å²) >= 11 is 0. The van der Waals surface area contributed by atoms with Crippen molar-refractivity contribution in [2.45, 2.75) is 25.4 Å². The Morgan fingerprint density at radius 2 is 1.71 bits per heavy atom. The van der Waals surface area contributed by atoms with Gasteiger partial charge in [-0.3, -0.25) is 0 Å². The van der Waals surface area contributed by atoms with Crippen molar-refractivity contribution in [1.29, 1.82) is 0 Å². The van der Waals surface area contributed by atoms with Gasteiger partial charge in [0, 0.05) is 27.4 Å². The van der Waals surface area contributed by atoms with Crippen LogP contribution in [0.3, 0.4) is 0 Å². The van der Waals surface area contributed by atoms with Gasteiger partial charge in [0.1, 0.15) is 0 Å². The first-order chi connectivity index (χ1) is 6.74. The first-order valence-electron chi connectivity index (χ1n) is 5.10. The molecule has 0 aromatic rings. The quantitative estimate of drug-likeness (QED) is 0.464. The zero-order valence-electron chi connectivity index (χ0n) is 9.76. The maximum Gasteiger partial charge on any atom is 0.500 e. The first kappa shape index (κ1) is 14.3. The minimum absolute atomic E-state index is 0.0183. The highest BCUT2D eigenvalue weighted by molar-refractivity contribution is 6.60. The van der Waals surface area contributed by atoms with E-state index in [-0.39, 0.29) is 9.68 Å². The molecular formula is C8H23NO3Si2. The highest BCUT2D eigenvalue weighted by Crippen LogP contribution is 2.14. The molecule has 0 unspecified atom stereocenters. The lowest BCUT2D eigenvalue weighted by atomic mass is 10.5. The van der Waals surface area contributed by atoms with Gasteiger partial charge in [-0.1, -0.05) is 13.0 Å². The molecule has 14 heavy (non-hydrogen) atoms. The lowest BCUT2D eigenvalue weighted by molar-refractivity contribution is 0.123. The largest absolute Gasteiger partial charge is 0.500 e. The summed E-state index contributed by atoms with van der Waals surface area (Å²) in [5.41, 5.74) is 0. The average Bonchev–Trinajstić information content (AvgIpc) is 2.24. The zero-order valence-corrected chi connectivity index (χ0v) is 12.2. The minimum atomic E-state index is -2.30. The van der Waals surface area contributed by atoms with Gasteiger partial charge in [-0.15, -0.1) is 0 Å². The third-order valence-corrected chi connectivity index (χ3v) is 6.24. The third-order valence-electron chi connectivity index (χ3n) is 2.20. The van der Waals surface area contributed by atoms with Crippen LogP contribution in [0.4, 0.5) is 0 Å². The van der Waals surface area contributed by atoms with Gasteiger partial charge in [-0.05, 0) is 13.0 Å². The number of hydrogen-bond acceptors (Lipinski definition) is 4. The molecule has 0 aromatic heterocycles. The smallest absolute Gasteiger partial charge is 0.377 e. The number of nitrogens with one attached hydrogen (secondary N) is 1. The lowest BCUT2D eigenvalue weighted by Crippen LogP contribution is -2.43.